The fraction of sp³-hybridized carbons (Fsp3) is 0.615. The number of anilines is 1. The molecule has 0 saturated carbocycles. The first-order valence-electron chi connectivity index (χ1n) is 6.37. The first-order chi connectivity index (χ1) is 9.19. The molecule has 0 unspecified atom stereocenters. The average molecular weight is 294 g/mol. The van der Waals surface area contributed by atoms with Crippen molar-refractivity contribution in [1.29, 1.82) is 0 Å². The SMILES string of the molecule is Cc1ccc(N2CCCC(F)(F)CC2)nc1C(F)(F)F. The lowest BCUT2D eigenvalue weighted by Gasteiger charge is -2.23. The summed E-state index contributed by atoms with van der Waals surface area (Å²) < 4.78 is 64.9. The van der Waals surface area contributed by atoms with Crippen LogP contribution in [0.1, 0.15) is 30.5 Å². The second kappa shape index (κ2) is 5.18. The average Bonchev–Trinajstić information content (AvgIpc) is 2.49. The van der Waals surface area contributed by atoms with Gasteiger partial charge in [0.2, 0.25) is 5.92 Å². The quantitative estimate of drug-likeness (QED) is 0.727. The van der Waals surface area contributed by atoms with E-state index in [9.17, 15) is 22.0 Å². The van der Waals surface area contributed by atoms with Gasteiger partial charge in [-0.05, 0) is 25.0 Å². The summed E-state index contributed by atoms with van der Waals surface area (Å²) in [6.07, 6.45) is -4.88. The van der Waals surface area contributed by atoms with Gasteiger partial charge in [-0.25, -0.2) is 13.8 Å². The van der Waals surface area contributed by atoms with E-state index in [0.29, 0.717) is 6.54 Å². The van der Waals surface area contributed by atoms with Crippen LogP contribution in [0.2, 0.25) is 0 Å². The van der Waals surface area contributed by atoms with Gasteiger partial charge in [-0.15, -0.1) is 0 Å². The molecule has 1 aromatic heterocycles. The lowest BCUT2D eigenvalue weighted by Crippen LogP contribution is -2.27. The van der Waals surface area contributed by atoms with E-state index in [4.69, 9.17) is 0 Å². The van der Waals surface area contributed by atoms with Crippen molar-refractivity contribution < 1.29 is 22.0 Å². The van der Waals surface area contributed by atoms with Crippen LogP contribution in [0.3, 0.4) is 0 Å². The molecule has 0 aromatic carbocycles. The van der Waals surface area contributed by atoms with E-state index in [-0.39, 0.29) is 37.2 Å². The Morgan fingerprint density at radius 3 is 2.50 bits per heavy atom. The molecule has 0 N–H and O–H groups in total. The molecule has 112 valence electrons. The highest BCUT2D eigenvalue weighted by atomic mass is 19.4. The van der Waals surface area contributed by atoms with E-state index in [1.165, 1.54) is 24.0 Å². The Hall–Kier alpha value is -1.40. The number of hydrogen-bond donors (Lipinski definition) is 0. The van der Waals surface area contributed by atoms with E-state index in [2.05, 4.69) is 4.98 Å². The van der Waals surface area contributed by atoms with Crippen molar-refractivity contribution in [2.75, 3.05) is 18.0 Å². The Bertz CT molecular complexity index is 484. The number of aromatic nitrogens is 1. The van der Waals surface area contributed by atoms with Crippen molar-refractivity contribution in [3.05, 3.63) is 23.4 Å². The van der Waals surface area contributed by atoms with Gasteiger partial charge in [-0.2, -0.15) is 13.2 Å². The number of alkyl halides is 5. The third-order valence-corrected chi connectivity index (χ3v) is 3.39. The summed E-state index contributed by atoms with van der Waals surface area (Å²) in [5.41, 5.74) is -0.924. The molecule has 2 rings (SSSR count). The highest BCUT2D eigenvalue weighted by Gasteiger charge is 2.36. The van der Waals surface area contributed by atoms with Crippen molar-refractivity contribution in [3.63, 3.8) is 0 Å². The number of pyridine rings is 1. The zero-order valence-electron chi connectivity index (χ0n) is 11.0. The molecule has 1 aliphatic heterocycles. The lowest BCUT2D eigenvalue weighted by atomic mass is 10.1. The largest absolute Gasteiger partial charge is 0.433 e. The van der Waals surface area contributed by atoms with Crippen LogP contribution in [0.5, 0.6) is 0 Å². The smallest absolute Gasteiger partial charge is 0.356 e. The number of rotatable bonds is 1. The van der Waals surface area contributed by atoms with E-state index in [1.807, 2.05) is 0 Å². The van der Waals surface area contributed by atoms with Crippen LogP contribution in [-0.2, 0) is 6.18 Å². The van der Waals surface area contributed by atoms with E-state index < -0.39 is 17.8 Å². The van der Waals surface area contributed by atoms with Crippen LogP contribution < -0.4 is 4.90 Å². The molecule has 0 bridgehead atoms. The number of nitrogens with zero attached hydrogens (tertiary/aromatic N) is 2. The van der Waals surface area contributed by atoms with Gasteiger partial charge >= 0.3 is 6.18 Å². The van der Waals surface area contributed by atoms with Gasteiger partial charge in [0, 0.05) is 25.9 Å². The molecule has 20 heavy (non-hydrogen) atoms. The molecule has 1 aromatic rings. The van der Waals surface area contributed by atoms with Gasteiger partial charge in [-0.1, -0.05) is 6.07 Å². The summed E-state index contributed by atoms with van der Waals surface area (Å²) in [6.45, 7) is 1.64. The number of halogens is 5. The van der Waals surface area contributed by atoms with Gasteiger partial charge in [0.15, 0.2) is 0 Å². The standard InChI is InChI=1S/C13H15F5N2/c1-9-3-4-10(19-11(9)13(16,17)18)20-7-2-5-12(14,15)6-8-20/h3-4H,2,5-8H2,1H3. The maximum Gasteiger partial charge on any atom is 0.433 e. The summed E-state index contributed by atoms with van der Waals surface area (Å²) in [7, 11) is 0. The summed E-state index contributed by atoms with van der Waals surface area (Å²) in [5.74, 6) is -2.63. The molecule has 7 heteroatoms. The molecule has 2 nitrogen and oxygen atoms in total. The minimum absolute atomic E-state index is 0.0142. The summed E-state index contributed by atoms with van der Waals surface area (Å²) in [6, 6.07) is 2.78. The van der Waals surface area contributed by atoms with E-state index in [1.54, 1.807) is 0 Å². The molecule has 1 fully saturated rings. The minimum Gasteiger partial charge on any atom is -0.356 e. The van der Waals surface area contributed by atoms with Crippen LogP contribution in [0, 0.1) is 6.92 Å². The normalized spacial score (nSPS) is 19.8. The Morgan fingerprint density at radius 2 is 1.85 bits per heavy atom. The second-order valence-electron chi connectivity index (χ2n) is 5.03. The summed E-state index contributed by atoms with van der Waals surface area (Å²) in [5, 5.41) is 0. The summed E-state index contributed by atoms with van der Waals surface area (Å²) >= 11 is 0. The predicted octanol–water partition coefficient (Wildman–Crippen LogP) is 4.03. The first-order valence-corrected chi connectivity index (χ1v) is 6.37. The third kappa shape index (κ3) is 3.37. The molecule has 1 saturated heterocycles. The van der Waals surface area contributed by atoms with Crippen LogP contribution in [0.15, 0.2) is 12.1 Å². The van der Waals surface area contributed by atoms with Crippen LogP contribution >= 0.6 is 0 Å². The fourth-order valence-corrected chi connectivity index (χ4v) is 2.27. The Morgan fingerprint density at radius 1 is 1.15 bits per heavy atom. The summed E-state index contributed by atoms with van der Waals surface area (Å²) in [4.78, 5) is 5.11. The van der Waals surface area contributed by atoms with Crippen molar-refractivity contribution in [1.82, 2.24) is 4.98 Å². The number of aryl methyl sites for hydroxylation is 1. The maximum atomic E-state index is 13.3. The lowest BCUT2D eigenvalue weighted by molar-refractivity contribution is -0.141. The Kier molecular flexibility index (Phi) is 3.88. The van der Waals surface area contributed by atoms with Crippen LogP contribution in [0.4, 0.5) is 27.8 Å². The van der Waals surface area contributed by atoms with Crippen LogP contribution in [0.25, 0.3) is 0 Å². The monoisotopic (exact) mass is 294 g/mol. The van der Waals surface area contributed by atoms with E-state index in [0.717, 1.165) is 0 Å². The zero-order chi connectivity index (χ0) is 15.0. The molecule has 0 spiro atoms. The van der Waals surface area contributed by atoms with Gasteiger partial charge in [-0.3, -0.25) is 0 Å². The topological polar surface area (TPSA) is 16.1 Å². The molecule has 0 amide bonds. The van der Waals surface area contributed by atoms with Gasteiger partial charge in [0.05, 0.1) is 0 Å². The maximum absolute atomic E-state index is 13.3. The van der Waals surface area contributed by atoms with E-state index >= 15 is 0 Å². The van der Waals surface area contributed by atoms with Gasteiger partial charge in [0.25, 0.3) is 0 Å². The fourth-order valence-electron chi connectivity index (χ4n) is 2.27. The third-order valence-electron chi connectivity index (χ3n) is 3.39. The molecule has 0 atom stereocenters. The molecule has 1 aliphatic rings. The number of hydrogen-bond acceptors (Lipinski definition) is 2. The highest BCUT2D eigenvalue weighted by molar-refractivity contribution is 5.42. The Labute approximate surface area is 113 Å². The van der Waals surface area contributed by atoms with Crippen molar-refractivity contribution in [2.45, 2.75) is 38.3 Å². The van der Waals surface area contributed by atoms with Crippen molar-refractivity contribution in [2.24, 2.45) is 0 Å². The first kappa shape index (κ1) is 15.0. The zero-order valence-corrected chi connectivity index (χ0v) is 11.0. The minimum atomic E-state index is -4.53. The molecular weight excluding hydrogens is 279 g/mol. The molecular formula is C13H15F5N2. The molecule has 0 aliphatic carbocycles. The predicted molar refractivity (Wildman–Crippen MR) is 65.0 cm³/mol. The van der Waals surface area contributed by atoms with Gasteiger partial charge in [0.1, 0.15) is 11.5 Å². The molecule has 2 heterocycles. The van der Waals surface area contributed by atoms with Crippen molar-refractivity contribution >= 4 is 5.82 Å². The highest BCUT2D eigenvalue weighted by Crippen LogP contribution is 2.33. The van der Waals surface area contributed by atoms with Crippen molar-refractivity contribution in [3.8, 4) is 0 Å². The van der Waals surface area contributed by atoms with Gasteiger partial charge < -0.3 is 4.90 Å². The molecule has 0 radical (unpaired) electrons. The second-order valence-corrected chi connectivity index (χ2v) is 5.03. The van der Waals surface area contributed by atoms with Crippen LogP contribution in [-0.4, -0.2) is 24.0 Å². The Balaban J connectivity index is 2.25.